The minimum absolute atomic E-state index is 0.373. The molecule has 5 nitrogen and oxygen atoms in total. The van der Waals surface area contributed by atoms with E-state index < -0.39 is 17.9 Å². The van der Waals surface area contributed by atoms with Crippen LogP contribution in [0.15, 0.2) is 25.3 Å². The molecule has 1 atom stereocenters. The summed E-state index contributed by atoms with van der Waals surface area (Å²) < 4.78 is 9.03. The van der Waals surface area contributed by atoms with E-state index in [-0.39, 0.29) is 5.97 Å². The first-order chi connectivity index (χ1) is 7.62. The van der Waals surface area contributed by atoms with Crippen molar-refractivity contribution in [1.82, 2.24) is 0 Å². The maximum absolute atomic E-state index is 10.5. The number of hydrogen-bond acceptors (Lipinski definition) is 5. The predicted molar refractivity (Wildman–Crippen MR) is 64.0 cm³/mol. The molecule has 0 spiro atoms. The fourth-order valence-corrected chi connectivity index (χ4v) is 0.560. The number of hydrogen-bond donors (Lipinski definition) is 1. The largest absolute Gasteiger partial charge is 0.457 e. The van der Waals surface area contributed by atoms with Crippen molar-refractivity contribution >= 4 is 11.9 Å². The van der Waals surface area contributed by atoms with Gasteiger partial charge in [-0.2, -0.15) is 0 Å². The molecule has 0 rings (SSSR count). The highest BCUT2D eigenvalue weighted by atomic mass is 16.6. The van der Waals surface area contributed by atoms with Crippen molar-refractivity contribution in [3.8, 4) is 0 Å². The van der Waals surface area contributed by atoms with E-state index in [1.54, 1.807) is 0 Å². The molecule has 0 aliphatic rings. The third-order valence-corrected chi connectivity index (χ3v) is 1.03. The maximum Gasteiger partial charge on any atom is 0.332 e. The first kappa shape index (κ1) is 17.8. The second kappa shape index (κ2) is 8.52. The van der Waals surface area contributed by atoms with Gasteiger partial charge < -0.3 is 14.6 Å². The fraction of sp³-hybridized carbons (Fsp3) is 0.500. The summed E-state index contributed by atoms with van der Waals surface area (Å²) in [5, 5.41) is 8.36. The Labute approximate surface area is 102 Å². The molecule has 0 aliphatic heterocycles. The van der Waals surface area contributed by atoms with E-state index in [9.17, 15) is 9.59 Å². The van der Waals surface area contributed by atoms with E-state index in [0.29, 0.717) is 0 Å². The normalized spacial score (nSPS) is 11.4. The predicted octanol–water partition coefficient (Wildman–Crippen LogP) is 1.57. The fourth-order valence-electron chi connectivity index (χ4n) is 0.560. The van der Waals surface area contributed by atoms with Crippen LogP contribution in [-0.2, 0) is 19.1 Å². The number of rotatable bonds is 3. The van der Waals surface area contributed by atoms with Crippen LogP contribution in [0.1, 0.15) is 27.7 Å². The van der Waals surface area contributed by atoms with Gasteiger partial charge in [0.25, 0.3) is 0 Å². The molecule has 0 bridgehead atoms. The molecule has 5 heteroatoms. The second-order valence-corrected chi connectivity index (χ2v) is 3.98. The number of carbonyl (C=O) groups excluding carboxylic acids is 2. The van der Waals surface area contributed by atoms with Gasteiger partial charge >= 0.3 is 11.9 Å². The van der Waals surface area contributed by atoms with E-state index in [1.165, 1.54) is 6.92 Å². The van der Waals surface area contributed by atoms with Crippen molar-refractivity contribution in [3.63, 3.8) is 0 Å². The van der Waals surface area contributed by atoms with Gasteiger partial charge in [0.05, 0.1) is 0 Å². The van der Waals surface area contributed by atoms with Crippen molar-refractivity contribution in [3.05, 3.63) is 25.3 Å². The lowest BCUT2D eigenvalue weighted by molar-refractivity contribution is -0.158. The summed E-state index contributed by atoms with van der Waals surface area (Å²) in [5.41, 5.74) is -0.398. The summed E-state index contributed by atoms with van der Waals surface area (Å²) >= 11 is 0. The average molecular weight is 244 g/mol. The van der Waals surface area contributed by atoms with E-state index in [2.05, 4.69) is 17.9 Å². The second-order valence-electron chi connectivity index (χ2n) is 3.98. The molecular formula is C12H20O5. The number of esters is 2. The molecule has 0 aliphatic carbocycles. The van der Waals surface area contributed by atoms with Crippen LogP contribution in [0, 0.1) is 0 Å². The first-order valence-electron chi connectivity index (χ1n) is 4.99. The SMILES string of the molecule is C=CC(=O)OC(C)(C)C.C=CC(=O)OC(C)O. The van der Waals surface area contributed by atoms with E-state index >= 15 is 0 Å². The van der Waals surface area contributed by atoms with Crippen LogP contribution in [0.2, 0.25) is 0 Å². The Morgan fingerprint density at radius 3 is 1.71 bits per heavy atom. The van der Waals surface area contributed by atoms with Gasteiger partial charge in [-0.1, -0.05) is 13.2 Å². The van der Waals surface area contributed by atoms with Gasteiger partial charge in [-0.15, -0.1) is 0 Å². The van der Waals surface area contributed by atoms with E-state index in [0.717, 1.165) is 12.2 Å². The summed E-state index contributed by atoms with van der Waals surface area (Å²) in [6.07, 6.45) is 1.11. The third kappa shape index (κ3) is 17.0. The molecule has 0 amide bonds. The molecule has 0 saturated heterocycles. The Balaban J connectivity index is 0. The first-order valence-corrected chi connectivity index (χ1v) is 4.99. The quantitative estimate of drug-likeness (QED) is 0.463. The third-order valence-electron chi connectivity index (χ3n) is 1.03. The molecule has 0 saturated carbocycles. The summed E-state index contributed by atoms with van der Waals surface area (Å²) in [6.45, 7) is 13.2. The van der Waals surface area contributed by atoms with E-state index in [4.69, 9.17) is 9.84 Å². The summed E-state index contributed by atoms with van der Waals surface area (Å²) in [5.74, 6) is -0.984. The number of aliphatic hydroxyl groups excluding tert-OH is 1. The van der Waals surface area contributed by atoms with Crippen LogP contribution >= 0.6 is 0 Å². The Morgan fingerprint density at radius 1 is 1.18 bits per heavy atom. The van der Waals surface area contributed by atoms with Crippen molar-refractivity contribution in [2.45, 2.75) is 39.6 Å². The average Bonchev–Trinajstić information content (AvgIpc) is 2.15. The highest BCUT2D eigenvalue weighted by Crippen LogP contribution is 2.06. The van der Waals surface area contributed by atoms with Crippen LogP contribution in [-0.4, -0.2) is 28.9 Å². The van der Waals surface area contributed by atoms with E-state index in [1.807, 2.05) is 20.8 Å². The molecule has 0 aromatic rings. The van der Waals surface area contributed by atoms with Gasteiger partial charge in [-0.25, -0.2) is 9.59 Å². The zero-order valence-electron chi connectivity index (χ0n) is 10.7. The van der Waals surface area contributed by atoms with Crippen molar-refractivity contribution in [2.75, 3.05) is 0 Å². The van der Waals surface area contributed by atoms with Gasteiger partial charge in [0.2, 0.25) is 0 Å². The van der Waals surface area contributed by atoms with Crippen molar-refractivity contribution < 1.29 is 24.2 Å². The number of ether oxygens (including phenoxy) is 2. The lowest BCUT2D eigenvalue weighted by Gasteiger charge is -2.17. The van der Waals surface area contributed by atoms with Crippen LogP contribution in [0.3, 0.4) is 0 Å². The minimum atomic E-state index is -1.04. The summed E-state index contributed by atoms with van der Waals surface area (Å²) in [6, 6.07) is 0. The molecule has 0 aromatic heterocycles. The Hall–Kier alpha value is -1.62. The lowest BCUT2D eigenvalue weighted by atomic mass is 10.2. The van der Waals surface area contributed by atoms with Crippen LogP contribution in [0.5, 0.6) is 0 Å². The lowest BCUT2D eigenvalue weighted by Crippen LogP contribution is -2.22. The summed E-state index contributed by atoms with van der Waals surface area (Å²) in [7, 11) is 0. The zero-order chi connectivity index (χ0) is 14.1. The summed E-state index contributed by atoms with van der Waals surface area (Å²) in [4.78, 5) is 20.6. The highest BCUT2D eigenvalue weighted by molar-refractivity contribution is 5.81. The number of carbonyl (C=O) groups is 2. The Morgan fingerprint density at radius 2 is 1.59 bits per heavy atom. The molecule has 0 radical (unpaired) electrons. The molecule has 0 fully saturated rings. The molecule has 0 heterocycles. The van der Waals surface area contributed by atoms with Crippen LogP contribution < -0.4 is 0 Å². The van der Waals surface area contributed by atoms with Crippen molar-refractivity contribution in [1.29, 1.82) is 0 Å². The molecule has 1 N–H and O–H groups in total. The Kier molecular flexibility index (Phi) is 8.91. The minimum Gasteiger partial charge on any atom is -0.457 e. The monoisotopic (exact) mass is 244 g/mol. The molecule has 17 heavy (non-hydrogen) atoms. The van der Waals surface area contributed by atoms with Gasteiger partial charge in [0, 0.05) is 12.2 Å². The molecule has 98 valence electrons. The van der Waals surface area contributed by atoms with Gasteiger partial charge in [-0.3, -0.25) is 0 Å². The van der Waals surface area contributed by atoms with Crippen LogP contribution in [0.25, 0.3) is 0 Å². The molecular weight excluding hydrogens is 224 g/mol. The highest BCUT2D eigenvalue weighted by Gasteiger charge is 2.12. The Bertz CT molecular complexity index is 273. The van der Waals surface area contributed by atoms with Crippen LogP contribution in [0.4, 0.5) is 0 Å². The number of aliphatic hydroxyl groups is 1. The topological polar surface area (TPSA) is 72.8 Å². The maximum atomic E-state index is 10.5. The van der Waals surface area contributed by atoms with Gasteiger partial charge in [0.15, 0.2) is 6.29 Å². The van der Waals surface area contributed by atoms with Crippen molar-refractivity contribution in [2.24, 2.45) is 0 Å². The molecule has 1 unspecified atom stereocenters. The standard InChI is InChI=1S/C7H12O2.C5H8O3/c1-5-6(8)9-7(2,3)4;1-3-5(7)8-4(2)6/h5H,1H2,2-4H3;3-4,6H,1H2,2H3. The molecule has 0 aromatic carbocycles. The van der Waals surface area contributed by atoms with Gasteiger partial charge in [0.1, 0.15) is 5.60 Å². The van der Waals surface area contributed by atoms with Gasteiger partial charge in [-0.05, 0) is 27.7 Å². The smallest absolute Gasteiger partial charge is 0.332 e. The zero-order valence-corrected chi connectivity index (χ0v) is 10.7.